The summed E-state index contributed by atoms with van der Waals surface area (Å²) < 4.78 is 16.0. The highest BCUT2D eigenvalue weighted by Crippen LogP contribution is 2.35. The lowest BCUT2D eigenvalue weighted by Crippen LogP contribution is -2.52. The van der Waals surface area contributed by atoms with Gasteiger partial charge < -0.3 is 15.4 Å². The number of nitrogens with zero attached hydrogens (tertiary/aromatic N) is 2. The number of imide groups is 1. The Kier molecular flexibility index (Phi) is 7.69. The first kappa shape index (κ1) is 27.1. The van der Waals surface area contributed by atoms with Crippen LogP contribution in [-0.2, 0) is 41.8 Å². The van der Waals surface area contributed by atoms with Crippen LogP contribution in [0.25, 0.3) is 10.9 Å². The summed E-state index contributed by atoms with van der Waals surface area (Å²) in [6.45, 7) is 1.75. The molecule has 2 atom stereocenters. The van der Waals surface area contributed by atoms with Crippen molar-refractivity contribution in [1.82, 2.24) is 9.47 Å². The minimum absolute atomic E-state index is 0.254. The molecule has 3 aromatic carbocycles. The van der Waals surface area contributed by atoms with Gasteiger partial charge in [0.15, 0.2) is 0 Å². The van der Waals surface area contributed by atoms with Crippen molar-refractivity contribution in [1.29, 1.82) is 0 Å². The number of aryl methyl sites for hydroxylation is 1. The molecular formula is C32H32FN3O4. The van der Waals surface area contributed by atoms with E-state index in [2.05, 4.69) is 0 Å². The van der Waals surface area contributed by atoms with Crippen LogP contribution in [0.15, 0.2) is 72.8 Å². The number of rotatable bonds is 8. The van der Waals surface area contributed by atoms with Crippen LogP contribution < -0.4 is 5.73 Å². The second-order valence-corrected chi connectivity index (χ2v) is 10.5. The van der Waals surface area contributed by atoms with Crippen molar-refractivity contribution in [3.05, 3.63) is 107 Å². The van der Waals surface area contributed by atoms with E-state index < -0.39 is 29.8 Å². The smallest absolute Gasteiger partial charge is 0.323 e. The molecule has 0 aliphatic heterocycles. The second-order valence-electron chi connectivity index (χ2n) is 10.5. The first-order valence-corrected chi connectivity index (χ1v) is 13.4. The van der Waals surface area contributed by atoms with Gasteiger partial charge in [-0.05, 0) is 79.5 Å². The summed E-state index contributed by atoms with van der Waals surface area (Å²) >= 11 is 0. The standard InChI is InChI=1S/C32H32FN3O4/c1-20-7-5-6-10-22(20)16-23(15-21-8-3-2-4-9-21)31(39)36(32(34)40)25-12-14-29-27(18-25)26-17-24(33)11-13-28(26)35(29)19-30(37)38/h2-11,13,17,23,25H,12,14-16,18-19H2,1H3,(H2,34,40)(H,37,38)/t23?,25-/m0/s1. The molecule has 0 spiro atoms. The number of carbonyl (C=O) groups excluding carboxylic acids is 2. The minimum atomic E-state index is -1.000. The number of primary amides is 1. The molecule has 0 saturated heterocycles. The molecule has 40 heavy (non-hydrogen) atoms. The van der Waals surface area contributed by atoms with Crippen LogP contribution in [0.1, 0.15) is 34.4 Å². The second kappa shape index (κ2) is 11.3. The van der Waals surface area contributed by atoms with Crippen molar-refractivity contribution in [3.8, 4) is 0 Å². The van der Waals surface area contributed by atoms with Crippen molar-refractivity contribution in [2.24, 2.45) is 11.7 Å². The van der Waals surface area contributed by atoms with Gasteiger partial charge in [-0.25, -0.2) is 9.18 Å². The molecule has 1 aliphatic rings. The van der Waals surface area contributed by atoms with Gasteiger partial charge in [-0.15, -0.1) is 0 Å². The summed E-state index contributed by atoms with van der Waals surface area (Å²) in [6.07, 6.45) is 2.04. The number of carboxylic acids is 1. The van der Waals surface area contributed by atoms with Crippen molar-refractivity contribution in [3.63, 3.8) is 0 Å². The number of nitrogens with two attached hydrogens (primary N) is 1. The van der Waals surface area contributed by atoms with Crippen LogP contribution >= 0.6 is 0 Å². The number of carbonyl (C=O) groups is 3. The van der Waals surface area contributed by atoms with Crippen LogP contribution in [-0.4, -0.2) is 38.5 Å². The number of aromatic nitrogens is 1. The SMILES string of the molecule is Cc1ccccc1CC(Cc1ccccc1)C(=O)N(C(N)=O)[C@H]1CCc2c(c3cc(F)ccc3n2CC(=O)O)C1. The Morgan fingerprint density at radius 1 is 1.05 bits per heavy atom. The first-order valence-electron chi connectivity index (χ1n) is 13.4. The zero-order chi connectivity index (χ0) is 28.4. The molecule has 3 amide bonds. The van der Waals surface area contributed by atoms with Gasteiger partial charge in [-0.1, -0.05) is 54.6 Å². The van der Waals surface area contributed by atoms with Gasteiger partial charge in [0.1, 0.15) is 12.4 Å². The van der Waals surface area contributed by atoms with E-state index in [0.29, 0.717) is 36.6 Å². The number of hydrogen-bond donors (Lipinski definition) is 2. The van der Waals surface area contributed by atoms with Gasteiger partial charge in [-0.3, -0.25) is 14.5 Å². The fourth-order valence-corrected chi connectivity index (χ4v) is 6.06. The highest BCUT2D eigenvalue weighted by Gasteiger charge is 2.37. The normalized spacial score (nSPS) is 15.4. The number of hydrogen-bond acceptors (Lipinski definition) is 3. The number of amides is 3. The van der Waals surface area contributed by atoms with Crippen LogP contribution in [0.3, 0.4) is 0 Å². The lowest BCUT2D eigenvalue weighted by atomic mass is 9.87. The Balaban J connectivity index is 1.50. The van der Waals surface area contributed by atoms with Crippen LogP contribution in [0.4, 0.5) is 9.18 Å². The molecule has 1 unspecified atom stereocenters. The van der Waals surface area contributed by atoms with Crippen LogP contribution in [0.5, 0.6) is 0 Å². The highest BCUT2D eigenvalue weighted by molar-refractivity contribution is 5.96. The van der Waals surface area contributed by atoms with Crippen molar-refractivity contribution < 1.29 is 23.9 Å². The number of halogens is 1. The summed E-state index contributed by atoms with van der Waals surface area (Å²) in [5.74, 6) is -2.30. The van der Waals surface area contributed by atoms with E-state index in [9.17, 15) is 23.9 Å². The zero-order valence-corrected chi connectivity index (χ0v) is 22.3. The Morgan fingerprint density at radius 3 is 2.48 bits per heavy atom. The van der Waals surface area contributed by atoms with Crippen LogP contribution in [0, 0.1) is 18.7 Å². The van der Waals surface area contributed by atoms with E-state index in [4.69, 9.17) is 5.73 Å². The maximum atomic E-state index is 14.3. The largest absolute Gasteiger partial charge is 0.480 e. The van der Waals surface area contributed by atoms with Crippen molar-refractivity contribution in [2.45, 2.75) is 51.6 Å². The highest BCUT2D eigenvalue weighted by atomic mass is 19.1. The zero-order valence-electron chi connectivity index (χ0n) is 22.3. The summed E-state index contributed by atoms with van der Waals surface area (Å²) in [4.78, 5) is 39.8. The molecule has 1 aromatic heterocycles. The van der Waals surface area contributed by atoms with Gasteiger partial charge >= 0.3 is 12.0 Å². The van der Waals surface area contributed by atoms with Gasteiger partial charge in [-0.2, -0.15) is 0 Å². The van der Waals surface area contributed by atoms with Crippen LogP contribution in [0.2, 0.25) is 0 Å². The Bertz CT molecular complexity index is 1580. The molecule has 206 valence electrons. The Labute approximate surface area is 232 Å². The van der Waals surface area contributed by atoms with E-state index in [1.807, 2.05) is 61.5 Å². The number of carboxylic acid groups (broad SMARTS) is 1. The third-order valence-corrected chi connectivity index (χ3v) is 7.94. The van der Waals surface area contributed by atoms with Crippen molar-refractivity contribution >= 4 is 28.8 Å². The summed E-state index contributed by atoms with van der Waals surface area (Å²) in [5.41, 5.74) is 11.1. The predicted molar refractivity (Wildman–Crippen MR) is 150 cm³/mol. The van der Waals surface area contributed by atoms with Crippen molar-refractivity contribution in [2.75, 3.05) is 0 Å². The first-order chi connectivity index (χ1) is 19.2. The Morgan fingerprint density at radius 2 is 1.77 bits per heavy atom. The molecule has 8 heteroatoms. The maximum Gasteiger partial charge on any atom is 0.323 e. The molecule has 0 fully saturated rings. The molecule has 0 radical (unpaired) electrons. The molecule has 4 aromatic rings. The summed E-state index contributed by atoms with van der Waals surface area (Å²) in [6, 6.07) is 20.5. The Hall–Kier alpha value is -4.46. The molecule has 3 N–H and O–H groups in total. The fraction of sp³-hybridized carbons (Fsp3) is 0.281. The van der Waals surface area contributed by atoms with E-state index in [0.717, 1.165) is 27.9 Å². The lowest BCUT2D eigenvalue weighted by Gasteiger charge is -2.34. The number of benzene rings is 3. The quantitative estimate of drug-likeness (QED) is 0.326. The third-order valence-electron chi connectivity index (χ3n) is 7.94. The van der Waals surface area contributed by atoms with E-state index in [-0.39, 0.29) is 18.9 Å². The van der Waals surface area contributed by atoms with E-state index >= 15 is 0 Å². The predicted octanol–water partition coefficient (Wildman–Crippen LogP) is 5.04. The monoisotopic (exact) mass is 541 g/mol. The number of urea groups is 1. The molecule has 1 heterocycles. The summed E-state index contributed by atoms with van der Waals surface area (Å²) in [5, 5.41) is 10.1. The van der Waals surface area contributed by atoms with Gasteiger partial charge in [0.2, 0.25) is 5.91 Å². The molecule has 0 bridgehead atoms. The fourth-order valence-electron chi connectivity index (χ4n) is 6.06. The molecule has 5 rings (SSSR count). The van der Waals surface area contributed by atoms with E-state index in [1.165, 1.54) is 17.0 Å². The maximum absolute atomic E-state index is 14.3. The van der Waals surface area contributed by atoms with Gasteiger partial charge in [0, 0.05) is 28.6 Å². The topological polar surface area (TPSA) is 106 Å². The number of aliphatic carboxylic acids is 1. The molecule has 1 aliphatic carbocycles. The molecule has 0 saturated carbocycles. The average molecular weight is 542 g/mol. The average Bonchev–Trinajstić information content (AvgIpc) is 3.21. The van der Waals surface area contributed by atoms with E-state index in [1.54, 1.807) is 10.6 Å². The molecular weight excluding hydrogens is 509 g/mol. The molecule has 7 nitrogen and oxygen atoms in total. The minimum Gasteiger partial charge on any atom is -0.480 e. The third kappa shape index (κ3) is 5.47. The summed E-state index contributed by atoms with van der Waals surface area (Å²) in [7, 11) is 0. The van der Waals surface area contributed by atoms with Gasteiger partial charge in [0.05, 0.1) is 0 Å². The van der Waals surface area contributed by atoms with Gasteiger partial charge in [0.25, 0.3) is 0 Å². The lowest BCUT2D eigenvalue weighted by molar-refractivity contribution is -0.137. The number of fused-ring (bicyclic) bond motifs is 3.